The maximum Gasteiger partial charge on any atom is 0.250 e. The largest absolute Gasteiger partial charge is 0.494 e. The van der Waals surface area contributed by atoms with Crippen LogP contribution in [0.25, 0.3) is 17.3 Å². The van der Waals surface area contributed by atoms with Crippen molar-refractivity contribution in [3.63, 3.8) is 0 Å². The standard InChI is InChI=1S/C21H18Cl2N2O2S/c1-2-11-27-16-7-3-14(4-8-16)5-10-20(26)25-21-24-19(13-28-21)17-9-6-15(22)12-18(17)23/h3-10,12-13H,2,11H2,1H3,(H,24,25,26)/b10-5+. The lowest BCUT2D eigenvalue weighted by atomic mass is 10.2. The van der Waals surface area contributed by atoms with Gasteiger partial charge in [0.05, 0.1) is 17.3 Å². The molecule has 0 aliphatic carbocycles. The predicted molar refractivity (Wildman–Crippen MR) is 117 cm³/mol. The fourth-order valence-electron chi connectivity index (χ4n) is 2.37. The zero-order valence-corrected chi connectivity index (χ0v) is 17.4. The van der Waals surface area contributed by atoms with Gasteiger partial charge in [-0.15, -0.1) is 11.3 Å². The molecule has 4 nitrogen and oxygen atoms in total. The average Bonchev–Trinajstić information content (AvgIpc) is 3.13. The topological polar surface area (TPSA) is 51.2 Å². The molecule has 28 heavy (non-hydrogen) atoms. The van der Waals surface area contributed by atoms with Gasteiger partial charge in [0.1, 0.15) is 5.75 Å². The minimum atomic E-state index is -0.255. The number of halogens is 2. The fraction of sp³-hybridized carbons (Fsp3) is 0.143. The van der Waals surface area contributed by atoms with Crippen LogP contribution in [-0.2, 0) is 4.79 Å². The number of anilines is 1. The highest BCUT2D eigenvalue weighted by Gasteiger charge is 2.10. The van der Waals surface area contributed by atoms with Crippen LogP contribution in [0, 0.1) is 0 Å². The van der Waals surface area contributed by atoms with Crippen LogP contribution in [0.15, 0.2) is 53.9 Å². The first-order valence-corrected chi connectivity index (χ1v) is 10.3. The first-order chi connectivity index (χ1) is 13.5. The van der Waals surface area contributed by atoms with Gasteiger partial charge < -0.3 is 4.74 Å². The van der Waals surface area contributed by atoms with Crippen LogP contribution >= 0.6 is 34.5 Å². The quantitative estimate of drug-likeness (QED) is 0.430. The average molecular weight is 433 g/mol. The first kappa shape index (κ1) is 20.4. The normalized spacial score (nSPS) is 11.0. The summed E-state index contributed by atoms with van der Waals surface area (Å²) in [5.41, 5.74) is 2.36. The van der Waals surface area contributed by atoms with Crippen LogP contribution < -0.4 is 10.1 Å². The second kappa shape index (κ2) is 9.73. The smallest absolute Gasteiger partial charge is 0.250 e. The minimum Gasteiger partial charge on any atom is -0.494 e. The highest BCUT2D eigenvalue weighted by molar-refractivity contribution is 7.14. The van der Waals surface area contributed by atoms with E-state index in [0.717, 1.165) is 23.3 Å². The molecule has 0 atom stereocenters. The van der Waals surface area contributed by atoms with E-state index < -0.39 is 0 Å². The Morgan fingerprint density at radius 2 is 2.00 bits per heavy atom. The zero-order chi connectivity index (χ0) is 19.9. The van der Waals surface area contributed by atoms with Crippen molar-refractivity contribution in [3.8, 4) is 17.0 Å². The highest BCUT2D eigenvalue weighted by atomic mass is 35.5. The molecule has 1 amide bonds. The van der Waals surface area contributed by atoms with E-state index in [4.69, 9.17) is 27.9 Å². The molecule has 0 bridgehead atoms. The molecule has 0 spiro atoms. The zero-order valence-electron chi connectivity index (χ0n) is 15.1. The second-order valence-corrected chi connectivity index (χ2v) is 7.60. The molecule has 3 rings (SSSR count). The van der Waals surface area contributed by atoms with Crippen molar-refractivity contribution in [1.82, 2.24) is 4.98 Å². The Hall–Kier alpha value is -2.34. The van der Waals surface area contributed by atoms with Crippen LogP contribution in [0.5, 0.6) is 5.75 Å². The van der Waals surface area contributed by atoms with E-state index in [9.17, 15) is 4.79 Å². The lowest BCUT2D eigenvalue weighted by Gasteiger charge is -2.04. The summed E-state index contributed by atoms with van der Waals surface area (Å²) < 4.78 is 5.54. The van der Waals surface area contributed by atoms with Crippen molar-refractivity contribution in [2.75, 3.05) is 11.9 Å². The Bertz CT molecular complexity index is 984. The summed E-state index contributed by atoms with van der Waals surface area (Å²) in [6.45, 7) is 2.75. The Balaban J connectivity index is 1.60. The van der Waals surface area contributed by atoms with Crippen molar-refractivity contribution in [3.05, 3.63) is 69.5 Å². The number of thiazole rings is 1. The Morgan fingerprint density at radius 3 is 2.71 bits per heavy atom. The van der Waals surface area contributed by atoms with E-state index in [0.29, 0.717) is 27.5 Å². The molecule has 0 radical (unpaired) electrons. The van der Waals surface area contributed by atoms with Crippen LogP contribution in [0.1, 0.15) is 18.9 Å². The molecule has 0 fully saturated rings. The number of nitrogens with one attached hydrogen (secondary N) is 1. The summed E-state index contributed by atoms with van der Waals surface area (Å²) in [6.07, 6.45) is 4.17. The van der Waals surface area contributed by atoms with Crippen molar-refractivity contribution in [2.45, 2.75) is 13.3 Å². The van der Waals surface area contributed by atoms with Gasteiger partial charge in [0.25, 0.3) is 0 Å². The number of rotatable bonds is 7. The molecule has 0 aliphatic rings. The van der Waals surface area contributed by atoms with Crippen molar-refractivity contribution in [2.24, 2.45) is 0 Å². The molecule has 0 aliphatic heterocycles. The van der Waals surface area contributed by atoms with Gasteiger partial charge in [0, 0.05) is 22.0 Å². The van der Waals surface area contributed by atoms with E-state index in [1.54, 1.807) is 24.3 Å². The van der Waals surface area contributed by atoms with Gasteiger partial charge in [-0.25, -0.2) is 4.98 Å². The number of ether oxygens (including phenoxy) is 1. The van der Waals surface area contributed by atoms with Crippen LogP contribution in [-0.4, -0.2) is 17.5 Å². The van der Waals surface area contributed by atoms with Gasteiger partial charge in [-0.2, -0.15) is 0 Å². The van der Waals surface area contributed by atoms with E-state index in [2.05, 4.69) is 17.2 Å². The number of benzene rings is 2. The van der Waals surface area contributed by atoms with E-state index >= 15 is 0 Å². The number of amides is 1. The van der Waals surface area contributed by atoms with Gasteiger partial charge in [0.2, 0.25) is 5.91 Å². The van der Waals surface area contributed by atoms with Crippen molar-refractivity contribution in [1.29, 1.82) is 0 Å². The molecule has 3 aromatic rings. The number of hydrogen-bond acceptors (Lipinski definition) is 4. The Labute approximate surface area is 177 Å². The van der Waals surface area contributed by atoms with Crippen molar-refractivity contribution < 1.29 is 9.53 Å². The first-order valence-electron chi connectivity index (χ1n) is 8.68. The third-order valence-corrected chi connectivity index (χ3v) is 5.03. The molecule has 1 aromatic heterocycles. The molecular formula is C21H18Cl2N2O2S. The van der Waals surface area contributed by atoms with Gasteiger partial charge in [0.15, 0.2) is 5.13 Å². The molecule has 2 aromatic carbocycles. The molecule has 144 valence electrons. The molecule has 0 unspecified atom stereocenters. The van der Waals surface area contributed by atoms with Crippen LogP contribution in [0.2, 0.25) is 10.0 Å². The summed E-state index contributed by atoms with van der Waals surface area (Å²) >= 11 is 13.5. The molecule has 1 N–H and O–H groups in total. The number of nitrogens with zero attached hydrogens (tertiary/aromatic N) is 1. The summed E-state index contributed by atoms with van der Waals surface area (Å²) in [6, 6.07) is 12.8. The van der Waals surface area contributed by atoms with Crippen molar-refractivity contribution >= 4 is 51.7 Å². The van der Waals surface area contributed by atoms with Gasteiger partial charge >= 0.3 is 0 Å². The number of hydrogen-bond donors (Lipinski definition) is 1. The van der Waals surface area contributed by atoms with Gasteiger partial charge in [-0.3, -0.25) is 10.1 Å². The Morgan fingerprint density at radius 1 is 1.21 bits per heavy atom. The predicted octanol–water partition coefficient (Wildman–Crippen LogP) is 6.56. The molecular weight excluding hydrogens is 415 g/mol. The minimum absolute atomic E-state index is 0.255. The summed E-state index contributed by atoms with van der Waals surface area (Å²) in [4.78, 5) is 16.6. The number of carbonyl (C=O) groups is 1. The Kier molecular flexibility index (Phi) is 7.09. The van der Waals surface area contributed by atoms with E-state index in [-0.39, 0.29) is 5.91 Å². The highest BCUT2D eigenvalue weighted by Crippen LogP contribution is 2.32. The monoisotopic (exact) mass is 432 g/mol. The second-order valence-electron chi connectivity index (χ2n) is 5.90. The molecule has 0 saturated heterocycles. The maximum absolute atomic E-state index is 12.2. The molecule has 0 saturated carbocycles. The summed E-state index contributed by atoms with van der Waals surface area (Å²) in [5, 5.41) is 6.17. The third kappa shape index (κ3) is 5.58. The van der Waals surface area contributed by atoms with Gasteiger partial charge in [-0.1, -0.05) is 42.3 Å². The fourth-order valence-corrected chi connectivity index (χ4v) is 3.58. The van der Waals surface area contributed by atoms with Crippen LogP contribution in [0.3, 0.4) is 0 Å². The number of aromatic nitrogens is 1. The lowest BCUT2D eigenvalue weighted by molar-refractivity contribution is -0.111. The number of carbonyl (C=O) groups excluding carboxylic acids is 1. The van der Waals surface area contributed by atoms with Crippen LogP contribution in [0.4, 0.5) is 5.13 Å². The third-order valence-electron chi connectivity index (χ3n) is 3.72. The molecule has 1 heterocycles. The molecule has 7 heteroatoms. The van der Waals surface area contributed by atoms with Gasteiger partial charge in [-0.05, 0) is 48.4 Å². The maximum atomic E-state index is 12.2. The SMILES string of the molecule is CCCOc1ccc(/C=C/C(=O)Nc2nc(-c3ccc(Cl)cc3Cl)cs2)cc1. The summed E-state index contributed by atoms with van der Waals surface area (Å²) in [7, 11) is 0. The van der Waals surface area contributed by atoms with E-state index in [1.165, 1.54) is 17.4 Å². The lowest BCUT2D eigenvalue weighted by Crippen LogP contribution is -2.07. The van der Waals surface area contributed by atoms with E-state index in [1.807, 2.05) is 29.6 Å². The summed E-state index contributed by atoms with van der Waals surface area (Å²) in [5.74, 6) is 0.564.